The van der Waals surface area contributed by atoms with E-state index >= 15 is 8.78 Å². The quantitative estimate of drug-likeness (QED) is 0.219. The van der Waals surface area contributed by atoms with Crippen molar-refractivity contribution in [2.24, 2.45) is 17.8 Å². The average Bonchev–Trinajstić information content (AvgIpc) is 3.72. The van der Waals surface area contributed by atoms with Crippen LogP contribution >= 0.6 is 0 Å². The van der Waals surface area contributed by atoms with Gasteiger partial charge in [-0.3, -0.25) is 9.88 Å². The standard InChI is InChI=1S/C37H42F3N5O5/c1-3-25-29(39)6-5-20-10-24(50-19-48-2)11-26(30(20)25)32-31(40)33-27(13-41-32)35(44-14-21-9-22(15-44)34(47)28(21)17-46)43-36(42-33)49-18-37-7-4-8-45(37)16-23(38)12-37/h5-6,10-11,13,21-23,28,34,46-47H,3-4,7-9,12,14-19H2,1-2H3/t21-,22+,23+,28-,34-,37-/m0/s1. The molecule has 0 unspecified atom stereocenters. The lowest BCUT2D eigenvalue weighted by molar-refractivity contribution is 0.0512. The number of nitrogens with zero attached hydrogens (tertiary/aromatic N) is 5. The molecule has 2 aromatic carbocycles. The zero-order valence-electron chi connectivity index (χ0n) is 28.2. The van der Waals surface area contributed by atoms with Gasteiger partial charge in [0.1, 0.15) is 41.4 Å². The summed E-state index contributed by atoms with van der Waals surface area (Å²) in [6.45, 7) is 3.96. The van der Waals surface area contributed by atoms with Gasteiger partial charge < -0.3 is 29.3 Å². The predicted octanol–water partition coefficient (Wildman–Crippen LogP) is 5.05. The van der Waals surface area contributed by atoms with E-state index in [0.29, 0.717) is 71.3 Å². The lowest BCUT2D eigenvalue weighted by Crippen LogP contribution is -2.43. The van der Waals surface area contributed by atoms with Crippen molar-refractivity contribution in [3.8, 4) is 23.0 Å². The summed E-state index contributed by atoms with van der Waals surface area (Å²) < 4.78 is 64.1. The molecule has 1 aliphatic carbocycles. The maximum atomic E-state index is 17.2. The number of aromatic nitrogens is 3. The Morgan fingerprint density at radius 3 is 2.72 bits per heavy atom. The molecule has 10 nitrogen and oxygen atoms in total. The van der Waals surface area contributed by atoms with Crippen LogP contribution in [0.5, 0.6) is 11.8 Å². The number of methoxy groups -OCH3 is 1. The van der Waals surface area contributed by atoms with Gasteiger partial charge in [0.15, 0.2) is 12.6 Å². The van der Waals surface area contributed by atoms with Crippen LogP contribution in [0.2, 0.25) is 0 Å². The van der Waals surface area contributed by atoms with Crippen LogP contribution in [0, 0.1) is 29.4 Å². The number of rotatable bonds is 10. The molecule has 5 heterocycles. The number of hydrogen-bond donors (Lipinski definition) is 2. The van der Waals surface area contributed by atoms with Gasteiger partial charge in [-0.05, 0) is 72.7 Å². The van der Waals surface area contributed by atoms with Crippen LogP contribution in [0.3, 0.4) is 0 Å². The maximum Gasteiger partial charge on any atom is 0.319 e. The van der Waals surface area contributed by atoms with E-state index in [9.17, 15) is 14.6 Å². The van der Waals surface area contributed by atoms with Crippen molar-refractivity contribution in [1.82, 2.24) is 19.9 Å². The van der Waals surface area contributed by atoms with Gasteiger partial charge >= 0.3 is 6.01 Å². The van der Waals surface area contributed by atoms with E-state index in [1.165, 1.54) is 19.4 Å². The van der Waals surface area contributed by atoms with E-state index in [1.807, 2.05) is 11.8 Å². The number of aryl methyl sites for hydroxylation is 1. The zero-order chi connectivity index (χ0) is 34.7. The van der Waals surface area contributed by atoms with Crippen molar-refractivity contribution in [3.63, 3.8) is 0 Å². The molecule has 4 aromatic rings. The minimum absolute atomic E-state index is 0.0199. The van der Waals surface area contributed by atoms with Crippen molar-refractivity contribution < 1.29 is 37.6 Å². The Kier molecular flexibility index (Phi) is 8.73. The minimum atomic E-state index is -0.941. The van der Waals surface area contributed by atoms with Crippen molar-refractivity contribution >= 4 is 27.5 Å². The van der Waals surface area contributed by atoms with Crippen molar-refractivity contribution in [2.45, 2.75) is 56.8 Å². The molecule has 50 heavy (non-hydrogen) atoms. The molecule has 0 amide bonds. The molecule has 2 bridgehead atoms. The van der Waals surface area contributed by atoms with E-state index in [2.05, 4.69) is 14.9 Å². The largest absolute Gasteiger partial charge is 0.468 e. The average molecular weight is 694 g/mol. The molecule has 0 radical (unpaired) electrons. The lowest BCUT2D eigenvalue weighted by atomic mass is 9.94. The van der Waals surface area contributed by atoms with Crippen LogP contribution in [0.15, 0.2) is 30.5 Å². The van der Waals surface area contributed by atoms with Crippen LogP contribution in [-0.2, 0) is 11.2 Å². The molecule has 4 fully saturated rings. The van der Waals surface area contributed by atoms with E-state index in [0.717, 1.165) is 25.8 Å². The highest BCUT2D eigenvalue weighted by Gasteiger charge is 2.50. The fourth-order valence-corrected chi connectivity index (χ4v) is 9.19. The summed E-state index contributed by atoms with van der Waals surface area (Å²) in [5.74, 6) is -0.637. The molecular formula is C37H42F3N5O5. The van der Waals surface area contributed by atoms with Gasteiger partial charge in [0.05, 0.1) is 17.0 Å². The first-order valence-electron chi connectivity index (χ1n) is 17.5. The summed E-state index contributed by atoms with van der Waals surface area (Å²) in [6.07, 6.45) is 3.17. The number of benzene rings is 2. The number of aliphatic hydroxyl groups is 2. The van der Waals surface area contributed by atoms with Crippen LogP contribution in [0.4, 0.5) is 19.0 Å². The molecule has 13 heteroatoms. The Morgan fingerprint density at radius 2 is 1.92 bits per heavy atom. The summed E-state index contributed by atoms with van der Waals surface area (Å²) >= 11 is 0. The lowest BCUT2D eigenvalue weighted by Gasteiger charge is -2.34. The molecule has 2 N–H and O–H groups in total. The summed E-state index contributed by atoms with van der Waals surface area (Å²) in [5.41, 5.74) is 0.247. The molecule has 6 atom stereocenters. The second kappa shape index (κ2) is 13.1. The Labute approximate surface area is 288 Å². The van der Waals surface area contributed by atoms with Gasteiger partial charge in [-0.15, -0.1) is 0 Å². The predicted molar refractivity (Wildman–Crippen MR) is 181 cm³/mol. The van der Waals surface area contributed by atoms with Gasteiger partial charge in [-0.1, -0.05) is 13.0 Å². The van der Waals surface area contributed by atoms with Gasteiger partial charge in [0, 0.05) is 63.4 Å². The minimum Gasteiger partial charge on any atom is -0.468 e. The van der Waals surface area contributed by atoms with Gasteiger partial charge in [0.2, 0.25) is 0 Å². The number of ether oxygens (including phenoxy) is 3. The first-order valence-corrected chi connectivity index (χ1v) is 17.5. The van der Waals surface area contributed by atoms with Crippen LogP contribution in [0.25, 0.3) is 32.9 Å². The molecule has 0 spiro atoms. The van der Waals surface area contributed by atoms with Crippen LogP contribution in [-0.4, -0.2) is 101 Å². The number of aliphatic hydroxyl groups excluding tert-OH is 2. The summed E-state index contributed by atoms with van der Waals surface area (Å²) in [6, 6.07) is 6.39. The number of hydrogen-bond acceptors (Lipinski definition) is 10. The van der Waals surface area contributed by atoms with E-state index in [-0.39, 0.29) is 55.0 Å². The third-order valence-electron chi connectivity index (χ3n) is 11.5. The number of halogens is 3. The summed E-state index contributed by atoms with van der Waals surface area (Å²) in [5, 5.41) is 22.5. The van der Waals surface area contributed by atoms with Crippen molar-refractivity contribution in [1.29, 1.82) is 0 Å². The number of anilines is 1. The Morgan fingerprint density at radius 1 is 1.08 bits per heavy atom. The summed E-state index contributed by atoms with van der Waals surface area (Å²) in [7, 11) is 1.50. The van der Waals surface area contributed by atoms with E-state index in [4.69, 9.17) is 19.2 Å². The molecular weight excluding hydrogens is 651 g/mol. The number of fused-ring (bicyclic) bond motifs is 5. The Balaban J connectivity index is 1.27. The third-order valence-corrected chi connectivity index (χ3v) is 11.5. The Bertz CT molecular complexity index is 1930. The molecule has 8 rings (SSSR count). The molecule has 266 valence electrons. The highest BCUT2D eigenvalue weighted by molar-refractivity contribution is 6.01. The highest BCUT2D eigenvalue weighted by atomic mass is 19.1. The van der Waals surface area contributed by atoms with Crippen molar-refractivity contribution in [2.75, 3.05) is 58.2 Å². The van der Waals surface area contributed by atoms with E-state index < -0.39 is 29.4 Å². The number of alkyl halides is 1. The normalized spacial score (nSPS) is 27.8. The summed E-state index contributed by atoms with van der Waals surface area (Å²) in [4.78, 5) is 18.2. The highest BCUT2D eigenvalue weighted by Crippen LogP contribution is 2.45. The molecule has 4 aliphatic rings. The molecule has 1 saturated carbocycles. The van der Waals surface area contributed by atoms with E-state index in [1.54, 1.807) is 18.2 Å². The second-order valence-electron chi connectivity index (χ2n) is 14.4. The number of pyridine rings is 1. The first-order chi connectivity index (χ1) is 24.2. The van der Waals surface area contributed by atoms with Crippen molar-refractivity contribution in [3.05, 3.63) is 47.7 Å². The molecule has 3 saturated heterocycles. The maximum absolute atomic E-state index is 17.2. The monoisotopic (exact) mass is 693 g/mol. The third kappa shape index (κ3) is 5.53. The zero-order valence-corrected chi connectivity index (χ0v) is 28.2. The fraction of sp³-hybridized carbons (Fsp3) is 0.541. The van der Waals surface area contributed by atoms with Crippen LogP contribution in [0.1, 0.15) is 38.2 Å². The molecule has 2 aromatic heterocycles. The van der Waals surface area contributed by atoms with Gasteiger partial charge in [0.25, 0.3) is 0 Å². The van der Waals surface area contributed by atoms with Crippen LogP contribution < -0.4 is 14.4 Å². The SMILES string of the molecule is CCc1c(F)ccc2cc(OCOC)cc(-c3ncc4c(N5C[C@H]6C[C@@H](C5)[C@H](CO)[C@H]6O)nc(OC[C@@]56CCCN5C[C@H](F)C6)nc4c3F)c12. The van der Waals surface area contributed by atoms with Gasteiger partial charge in [-0.2, -0.15) is 9.97 Å². The second-order valence-corrected chi connectivity index (χ2v) is 14.4. The number of piperidine rings is 1. The fourth-order valence-electron chi connectivity index (χ4n) is 9.19. The topological polar surface area (TPSA) is 113 Å². The molecule has 3 aliphatic heterocycles. The smallest absolute Gasteiger partial charge is 0.319 e. The Hall–Kier alpha value is -3.78. The first kappa shape index (κ1) is 33.4. The van der Waals surface area contributed by atoms with Gasteiger partial charge in [-0.25, -0.2) is 13.2 Å².